The van der Waals surface area contributed by atoms with E-state index in [9.17, 15) is 0 Å². The first-order valence-electron chi connectivity index (χ1n) is 6.98. The number of benzene rings is 1. The first-order chi connectivity index (χ1) is 9.21. The molecule has 1 aliphatic heterocycles. The highest BCUT2D eigenvalue weighted by atomic mass is 16.5. The lowest BCUT2D eigenvalue weighted by Gasteiger charge is -2.41. The second-order valence-electron chi connectivity index (χ2n) is 5.16. The number of hydrogen-bond acceptors (Lipinski definition) is 4. The number of ether oxygens (including phenoxy) is 2. The van der Waals surface area contributed by atoms with Gasteiger partial charge in [-0.15, -0.1) is 0 Å². The van der Waals surface area contributed by atoms with E-state index >= 15 is 0 Å². The van der Waals surface area contributed by atoms with Crippen LogP contribution in [0, 0.1) is 0 Å². The molecular weight excluding hydrogens is 240 g/mol. The van der Waals surface area contributed by atoms with Crippen molar-refractivity contribution in [1.82, 2.24) is 0 Å². The van der Waals surface area contributed by atoms with Gasteiger partial charge >= 0.3 is 0 Å². The Bertz CT molecular complexity index is 411. The number of nitrogens with two attached hydrogens (primary N) is 1. The van der Waals surface area contributed by atoms with Gasteiger partial charge in [0.1, 0.15) is 5.75 Å². The first kappa shape index (κ1) is 14.2. The molecule has 1 aliphatic rings. The van der Waals surface area contributed by atoms with Crippen molar-refractivity contribution in [2.24, 2.45) is 5.73 Å². The van der Waals surface area contributed by atoms with E-state index in [-0.39, 0.29) is 5.54 Å². The minimum absolute atomic E-state index is 0.195. The molecule has 4 heteroatoms. The van der Waals surface area contributed by atoms with Crippen LogP contribution in [0.1, 0.15) is 20.3 Å². The number of para-hydroxylation sites is 2. The molecule has 0 bridgehead atoms. The lowest BCUT2D eigenvalue weighted by molar-refractivity contribution is 0.100. The fourth-order valence-electron chi connectivity index (χ4n) is 2.46. The minimum atomic E-state index is -0.195. The molecule has 0 saturated heterocycles. The van der Waals surface area contributed by atoms with E-state index < -0.39 is 0 Å². The van der Waals surface area contributed by atoms with E-state index in [1.54, 1.807) is 0 Å². The summed E-state index contributed by atoms with van der Waals surface area (Å²) in [6.07, 6.45) is 0.996. The Morgan fingerprint density at radius 2 is 2.21 bits per heavy atom. The molecule has 1 aromatic carbocycles. The normalized spacial score (nSPS) is 18.2. The second-order valence-corrected chi connectivity index (χ2v) is 5.16. The molecule has 106 valence electrons. The van der Waals surface area contributed by atoms with Crippen LogP contribution in [0.5, 0.6) is 5.75 Å². The van der Waals surface area contributed by atoms with Crippen molar-refractivity contribution in [1.29, 1.82) is 0 Å². The Kier molecular flexibility index (Phi) is 4.66. The van der Waals surface area contributed by atoms with E-state index in [4.69, 9.17) is 15.2 Å². The van der Waals surface area contributed by atoms with Crippen molar-refractivity contribution in [3.63, 3.8) is 0 Å². The van der Waals surface area contributed by atoms with Gasteiger partial charge in [0.15, 0.2) is 0 Å². The molecule has 1 unspecified atom stereocenters. The van der Waals surface area contributed by atoms with Gasteiger partial charge < -0.3 is 20.1 Å². The van der Waals surface area contributed by atoms with Crippen molar-refractivity contribution in [3.05, 3.63) is 24.3 Å². The van der Waals surface area contributed by atoms with Crippen molar-refractivity contribution in [2.75, 3.05) is 37.8 Å². The van der Waals surface area contributed by atoms with Crippen molar-refractivity contribution >= 4 is 5.69 Å². The van der Waals surface area contributed by atoms with Crippen LogP contribution in [-0.2, 0) is 4.74 Å². The van der Waals surface area contributed by atoms with Gasteiger partial charge in [0.2, 0.25) is 0 Å². The van der Waals surface area contributed by atoms with Crippen LogP contribution in [0.4, 0.5) is 5.69 Å². The van der Waals surface area contributed by atoms with Crippen molar-refractivity contribution < 1.29 is 9.47 Å². The smallest absolute Gasteiger partial charge is 0.142 e. The van der Waals surface area contributed by atoms with Crippen LogP contribution in [-0.4, -0.2) is 38.4 Å². The third-order valence-electron chi connectivity index (χ3n) is 3.65. The summed E-state index contributed by atoms with van der Waals surface area (Å²) in [5, 5.41) is 0. The second kappa shape index (κ2) is 6.26. The van der Waals surface area contributed by atoms with Crippen LogP contribution in [0.15, 0.2) is 24.3 Å². The zero-order valence-corrected chi connectivity index (χ0v) is 11.9. The van der Waals surface area contributed by atoms with E-state index in [0.29, 0.717) is 19.8 Å². The highest BCUT2D eigenvalue weighted by Crippen LogP contribution is 2.35. The number of anilines is 1. The zero-order valence-electron chi connectivity index (χ0n) is 11.9. The average Bonchev–Trinajstić information content (AvgIpc) is 2.67. The maximum Gasteiger partial charge on any atom is 0.142 e. The van der Waals surface area contributed by atoms with Crippen LogP contribution in [0.3, 0.4) is 0 Å². The van der Waals surface area contributed by atoms with Gasteiger partial charge in [-0.05, 0) is 32.4 Å². The van der Waals surface area contributed by atoms with Gasteiger partial charge in [-0.3, -0.25) is 0 Å². The SMILES string of the molecule is CCOCC(C)(CN)N1CCCOc2ccccc21. The van der Waals surface area contributed by atoms with Gasteiger partial charge in [-0.25, -0.2) is 0 Å². The average molecular weight is 264 g/mol. The van der Waals surface area contributed by atoms with Gasteiger partial charge in [0.05, 0.1) is 24.4 Å². The molecule has 2 N–H and O–H groups in total. The Labute approximate surface area is 115 Å². The van der Waals surface area contributed by atoms with Crippen LogP contribution in [0.25, 0.3) is 0 Å². The minimum Gasteiger partial charge on any atom is -0.491 e. The fraction of sp³-hybridized carbons (Fsp3) is 0.600. The third kappa shape index (κ3) is 3.01. The lowest BCUT2D eigenvalue weighted by atomic mass is 9.99. The van der Waals surface area contributed by atoms with Crippen LogP contribution < -0.4 is 15.4 Å². The summed E-state index contributed by atoms with van der Waals surface area (Å²) in [6.45, 7) is 7.76. The maximum absolute atomic E-state index is 6.02. The van der Waals surface area contributed by atoms with Crippen molar-refractivity contribution in [3.8, 4) is 5.75 Å². The Hall–Kier alpha value is -1.26. The van der Waals surface area contributed by atoms with E-state index in [1.165, 1.54) is 0 Å². The Morgan fingerprint density at radius 1 is 1.42 bits per heavy atom. The van der Waals surface area contributed by atoms with Crippen LogP contribution in [0.2, 0.25) is 0 Å². The van der Waals surface area contributed by atoms with Crippen molar-refractivity contribution in [2.45, 2.75) is 25.8 Å². The van der Waals surface area contributed by atoms with Gasteiger partial charge in [0, 0.05) is 19.7 Å². The van der Waals surface area contributed by atoms with E-state index in [2.05, 4.69) is 17.9 Å². The Balaban J connectivity index is 2.31. The maximum atomic E-state index is 6.02. The van der Waals surface area contributed by atoms with Gasteiger partial charge in [-0.2, -0.15) is 0 Å². The summed E-state index contributed by atoms with van der Waals surface area (Å²) in [5.41, 5.74) is 6.95. The lowest BCUT2D eigenvalue weighted by Crippen LogP contribution is -2.55. The molecule has 0 fully saturated rings. The highest BCUT2D eigenvalue weighted by Gasteiger charge is 2.33. The summed E-state index contributed by atoms with van der Waals surface area (Å²) < 4.78 is 11.4. The molecule has 0 spiro atoms. The van der Waals surface area contributed by atoms with Crippen LogP contribution >= 0.6 is 0 Å². The number of hydrogen-bond donors (Lipinski definition) is 1. The molecule has 0 amide bonds. The molecule has 2 rings (SSSR count). The number of nitrogens with zero attached hydrogens (tertiary/aromatic N) is 1. The predicted octanol–water partition coefficient (Wildman–Crippen LogP) is 2.03. The van der Waals surface area contributed by atoms with E-state index in [0.717, 1.165) is 31.0 Å². The fourth-order valence-corrected chi connectivity index (χ4v) is 2.46. The molecule has 0 aliphatic carbocycles. The summed E-state index contributed by atoms with van der Waals surface area (Å²) >= 11 is 0. The van der Waals surface area contributed by atoms with Gasteiger partial charge in [0.25, 0.3) is 0 Å². The molecule has 1 atom stereocenters. The Morgan fingerprint density at radius 3 is 2.95 bits per heavy atom. The highest BCUT2D eigenvalue weighted by molar-refractivity contribution is 5.60. The molecule has 0 aromatic heterocycles. The topological polar surface area (TPSA) is 47.7 Å². The zero-order chi connectivity index (χ0) is 13.7. The summed E-state index contributed by atoms with van der Waals surface area (Å²) in [5.74, 6) is 0.941. The monoisotopic (exact) mass is 264 g/mol. The summed E-state index contributed by atoms with van der Waals surface area (Å²) in [7, 11) is 0. The summed E-state index contributed by atoms with van der Waals surface area (Å²) in [4.78, 5) is 2.34. The predicted molar refractivity (Wildman–Crippen MR) is 77.9 cm³/mol. The quantitative estimate of drug-likeness (QED) is 0.884. The molecule has 1 aromatic rings. The molecular formula is C15H24N2O2. The standard InChI is InChI=1S/C15H24N2O2/c1-3-18-12-15(2,11-16)17-9-6-10-19-14-8-5-4-7-13(14)17/h4-5,7-8H,3,6,9-12,16H2,1-2H3. The summed E-state index contributed by atoms with van der Waals surface area (Å²) in [6, 6.07) is 8.16. The molecule has 19 heavy (non-hydrogen) atoms. The molecule has 1 heterocycles. The largest absolute Gasteiger partial charge is 0.491 e. The first-order valence-corrected chi connectivity index (χ1v) is 6.98. The molecule has 4 nitrogen and oxygen atoms in total. The van der Waals surface area contributed by atoms with Gasteiger partial charge in [-0.1, -0.05) is 12.1 Å². The number of fused-ring (bicyclic) bond motifs is 1. The molecule has 0 radical (unpaired) electrons. The van der Waals surface area contributed by atoms with E-state index in [1.807, 2.05) is 25.1 Å². The number of rotatable bonds is 5. The molecule has 0 saturated carbocycles. The third-order valence-corrected chi connectivity index (χ3v) is 3.65.